The summed E-state index contributed by atoms with van der Waals surface area (Å²) in [5, 5.41) is 4.10. The van der Waals surface area contributed by atoms with E-state index in [1.54, 1.807) is 6.20 Å². The number of aryl methyl sites for hydroxylation is 1. The minimum absolute atomic E-state index is 0. The number of likely N-dealkylation sites (tertiary alicyclic amines) is 1. The van der Waals surface area contributed by atoms with E-state index in [2.05, 4.69) is 10.3 Å². The molecule has 17 heavy (non-hydrogen) atoms. The number of amides is 1. The number of nitrogens with one attached hydrogen (secondary N) is 1. The van der Waals surface area contributed by atoms with E-state index in [9.17, 15) is 4.79 Å². The van der Waals surface area contributed by atoms with Gasteiger partial charge in [-0.25, -0.2) is 4.98 Å². The van der Waals surface area contributed by atoms with Crippen LogP contribution in [0.2, 0.25) is 0 Å². The summed E-state index contributed by atoms with van der Waals surface area (Å²) in [6, 6.07) is 0.347. The monoisotopic (exact) mass is 275 g/mol. The Labute approximate surface area is 112 Å². The van der Waals surface area contributed by atoms with Crippen LogP contribution in [0.3, 0.4) is 0 Å². The lowest BCUT2D eigenvalue weighted by atomic mass is 10.2. The number of thiazole rings is 1. The molecule has 1 unspecified atom stereocenters. The van der Waals surface area contributed by atoms with Crippen LogP contribution < -0.4 is 5.32 Å². The smallest absolute Gasteiger partial charge is 0.265 e. The summed E-state index contributed by atoms with van der Waals surface area (Å²) in [5.41, 5.74) is 0. The van der Waals surface area contributed by atoms with E-state index in [0.717, 1.165) is 35.8 Å². The number of carbonyl (C=O) groups is 1. The summed E-state index contributed by atoms with van der Waals surface area (Å²) in [6.07, 6.45) is 3.90. The summed E-state index contributed by atoms with van der Waals surface area (Å²) >= 11 is 1.48. The molecule has 1 aliphatic heterocycles. The normalized spacial score (nSPS) is 19.2. The van der Waals surface area contributed by atoms with Crippen molar-refractivity contribution in [3.63, 3.8) is 0 Å². The minimum atomic E-state index is 0. The van der Waals surface area contributed by atoms with Crippen molar-refractivity contribution in [1.82, 2.24) is 15.2 Å². The van der Waals surface area contributed by atoms with E-state index in [0.29, 0.717) is 6.04 Å². The minimum Gasteiger partial charge on any atom is -0.334 e. The van der Waals surface area contributed by atoms with E-state index >= 15 is 0 Å². The Hall–Kier alpha value is -0.650. The zero-order valence-electron chi connectivity index (χ0n) is 10.1. The highest BCUT2D eigenvalue weighted by molar-refractivity contribution is 7.13. The molecule has 1 fully saturated rings. The Kier molecular flexibility index (Phi) is 5.36. The van der Waals surface area contributed by atoms with Gasteiger partial charge in [0.2, 0.25) is 0 Å². The standard InChI is InChI=1S/C11H17N3OS.ClH/c1-8-13-7-10(16-8)11(15)14-5-3-4-9(14)6-12-2;/h7,9,12H,3-6H2,1-2H3;1H. The van der Waals surface area contributed by atoms with Crippen molar-refractivity contribution in [2.24, 2.45) is 0 Å². The molecular weight excluding hydrogens is 258 g/mol. The van der Waals surface area contributed by atoms with Gasteiger partial charge in [-0.15, -0.1) is 23.7 Å². The maximum atomic E-state index is 12.2. The molecule has 1 amide bonds. The van der Waals surface area contributed by atoms with E-state index < -0.39 is 0 Å². The number of carbonyl (C=O) groups excluding carboxylic acids is 1. The third kappa shape index (κ3) is 3.18. The summed E-state index contributed by atoms with van der Waals surface area (Å²) in [7, 11) is 1.93. The fraction of sp³-hybridized carbons (Fsp3) is 0.636. The molecule has 0 saturated carbocycles. The number of likely N-dealkylation sites (N-methyl/N-ethyl adjacent to an activating group) is 1. The molecule has 1 aromatic rings. The molecular formula is C11H18ClN3OS. The van der Waals surface area contributed by atoms with Crippen LogP contribution in [0.15, 0.2) is 6.20 Å². The van der Waals surface area contributed by atoms with E-state index in [4.69, 9.17) is 0 Å². The Balaban J connectivity index is 0.00000144. The first-order valence-electron chi connectivity index (χ1n) is 5.60. The van der Waals surface area contributed by atoms with E-state index in [1.807, 2.05) is 18.9 Å². The number of rotatable bonds is 3. The van der Waals surface area contributed by atoms with Crippen LogP contribution in [-0.4, -0.2) is 42.0 Å². The van der Waals surface area contributed by atoms with Crippen LogP contribution in [0.5, 0.6) is 0 Å². The van der Waals surface area contributed by atoms with Gasteiger partial charge in [0.1, 0.15) is 4.88 Å². The molecule has 4 nitrogen and oxygen atoms in total. The Morgan fingerprint density at radius 3 is 3.06 bits per heavy atom. The van der Waals surface area contributed by atoms with Crippen molar-refractivity contribution in [1.29, 1.82) is 0 Å². The summed E-state index contributed by atoms with van der Waals surface area (Å²) in [6.45, 7) is 3.68. The molecule has 0 aromatic carbocycles. The Morgan fingerprint density at radius 1 is 1.71 bits per heavy atom. The van der Waals surface area contributed by atoms with Gasteiger partial charge in [-0.05, 0) is 26.8 Å². The van der Waals surface area contributed by atoms with Crippen molar-refractivity contribution in [3.05, 3.63) is 16.1 Å². The van der Waals surface area contributed by atoms with Crippen molar-refractivity contribution in [2.75, 3.05) is 20.1 Å². The SMILES string of the molecule is CNCC1CCCN1C(=O)c1cnc(C)s1.Cl. The summed E-state index contributed by atoms with van der Waals surface area (Å²) in [5.74, 6) is 0.142. The number of aromatic nitrogens is 1. The molecule has 2 heterocycles. The Morgan fingerprint density at radius 2 is 2.47 bits per heavy atom. The van der Waals surface area contributed by atoms with Gasteiger partial charge in [0.15, 0.2) is 0 Å². The van der Waals surface area contributed by atoms with Gasteiger partial charge in [0, 0.05) is 19.1 Å². The lowest BCUT2D eigenvalue weighted by Gasteiger charge is -2.23. The topological polar surface area (TPSA) is 45.2 Å². The van der Waals surface area contributed by atoms with Crippen LogP contribution in [0, 0.1) is 6.92 Å². The third-order valence-corrected chi connectivity index (χ3v) is 3.81. The van der Waals surface area contributed by atoms with Crippen LogP contribution in [-0.2, 0) is 0 Å². The van der Waals surface area contributed by atoms with Gasteiger partial charge in [-0.3, -0.25) is 4.79 Å². The van der Waals surface area contributed by atoms with Crippen LogP contribution in [0.4, 0.5) is 0 Å². The van der Waals surface area contributed by atoms with Gasteiger partial charge in [-0.2, -0.15) is 0 Å². The highest BCUT2D eigenvalue weighted by Gasteiger charge is 2.29. The number of hydrogen-bond acceptors (Lipinski definition) is 4. The molecule has 1 aliphatic rings. The molecule has 1 saturated heterocycles. The fourth-order valence-electron chi connectivity index (χ4n) is 2.15. The third-order valence-electron chi connectivity index (χ3n) is 2.91. The van der Waals surface area contributed by atoms with Gasteiger partial charge in [0.05, 0.1) is 11.2 Å². The first-order valence-corrected chi connectivity index (χ1v) is 6.42. The van der Waals surface area contributed by atoms with Gasteiger partial charge >= 0.3 is 0 Å². The summed E-state index contributed by atoms with van der Waals surface area (Å²) in [4.78, 5) is 19.1. The van der Waals surface area contributed by atoms with E-state index in [1.165, 1.54) is 11.3 Å². The maximum absolute atomic E-state index is 12.2. The second kappa shape index (κ2) is 6.33. The molecule has 2 rings (SSSR count). The zero-order chi connectivity index (χ0) is 11.5. The number of hydrogen-bond donors (Lipinski definition) is 1. The quantitative estimate of drug-likeness (QED) is 0.913. The van der Waals surface area contributed by atoms with Crippen LogP contribution >= 0.6 is 23.7 Å². The van der Waals surface area contributed by atoms with Gasteiger partial charge < -0.3 is 10.2 Å². The molecule has 1 atom stereocenters. The van der Waals surface area contributed by atoms with Gasteiger partial charge in [-0.1, -0.05) is 0 Å². The first-order chi connectivity index (χ1) is 7.72. The molecule has 96 valence electrons. The highest BCUT2D eigenvalue weighted by Crippen LogP contribution is 2.22. The largest absolute Gasteiger partial charge is 0.334 e. The molecule has 0 aliphatic carbocycles. The average molecular weight is 276 g/mol. The summed E-state index contributed by atoms with van der Waals surface area (Å²) < 4.78 is 0. The molecule has 0 radical (unpaired) electrons. The first kappa shape index (κ1) is 14.4. The van der Waals surface area contributed by atoms with Crippen LogP contribution in [0.25, 0.3) is 0 Å². The lowest BCUT2D eigenvalue weighted by Crippen LogP contribution is -2.40. The second-order valence-electron chi connectivity index (χ2n) is 4.10. The predicted molar refractivity (Wildman–Crippen MR) is 72.1 cm³/mol. The molecule has 0 spiro atoms. The van der Waals surface area contributed by atoms with Crippen molar-refractivity contribution in [3.8, 4) is 0 Å². The number of halogens is 1. The highest BCUT2D eigenvalue weighted by atomic mass is 35.5. The molecule has 1 aromatic heterocycles. The van der Waals surface area contributed by atoms with Crippen molar-refractivity contribution < 1.29 is 4.79 Å². The molecule has 6 heteroatoms. The van der Waals surface area contributed by atoms with E-state index in [-0.39, 0.29) is 18.3 Å². The van der Waals surface area contributed by atoms with Crippen LogP contribution in [0.1, 0.15) is 27.5 Å². The van der Waals surface area contributed by atoms with Crippen molar-refractivity contribution in [2.45, 2.75) is 25.8 Å². The maximum Gasteiger partial charge on any atom is 0.265 e. The predicted octanol–water partition coefficient (Wildman–Crippen LogP) is 1.70. The average Bonchev–Trinajstić information content (AvgIpc) is 2.87. The molecule has 1 N–H and O–H groups in total. The lowest BCUT2D eigenvalue weighted by molar-refractivity contribution is 0.0741. The zero-order valence-corrected chi connectivity index (χ0v) is 11.7. The second-order valence-corrected chi connectivity index (χ2v) is 5.33. The Bertz CT molecular complexity index is 383. The fourth-order valence-corrected chi connectivity index (χ4v) is 2.89. The number of nitrogens with zero attached hydrogens (tertiary/aromatic N) is 2. The van der Waals surface area contributed by atoms with Gasteiger partial charge in [0.25, 0.3) is 5.91 Å². The van der Waals surface area contributed by atoms with Crippen molar-refractivity contribution >= 4 is 29.7 Å². The molecule has 0 bridgehead atoms.